The Hall–Kier alpha value is -3.20. The molecule has 1 amide bonds. The van der Waals surface area contributed by atoms with Crippen molar-refractivity contribution in [2.45, 2.75) is 38.4 Å². The Morgan fingerprint density at radius 3 is 2.39 bits per heavy atom. The lowest BCUT2D eigenvalue weighted by molar-refractivity contribution is -0.137. The van der Waals surface area contributed by atoms with Gasteiger partial charge in [-0.2, -0.15) is 13.2 Å². The van der Waals surface area contributed by atoms with Gasteiger partial charge in [-0.1, -0.05) is 12.1 Å². The van der Waals surface area contributed by atoms with Gasteiger partial charge < -0.3 is 10.1 Å². The molecule has 1 N–H and O–H groups in total. The maximum Gasteiger partial charge on any atom is 0.416 e. The van der Waals surface area contributed by atoms with Crippen molar-refractivity contribution in [2.24, 2.45) is 5.92 Å². The van der Waals surface area contributed by atoms with Gasteiger partial charge in [-0.3, -0.25) is 9.69 Å². The molecule has 0 saturated carbocycles. The fraction of sp³-hybridized carbons (Fsp3) is 0.370. The quantitative estimate of drug-likeness (QED) is 0.361. The van der Waals surface area contributed by atoms with Crippen molar-refractivity contribution in [1.29, 1.82) is 0 Å². The van der Waals surface area contributed by atoms with E-state index in [1.54, 1.807) is 35.2 Å². The highest BCUT2D eigenvalue weighted by Crippen LogP contribution is 2.34. The number of benzene rings is 3. The largest absolute Gasteiger partial charge is 0.457 e. The van der Waals surface area contributed by atoms with E-state index in [0.717, 1.165) is 30.4 Å². The van der Waals surface area contributed by atoms with Crippen molar-refractivity contribution in [3.05, 3.63) is 71.8 Å². The number of fused-ring (bicyclic) bond motifs is 1. The molecule has 4 nitrogen and oxygen atoms in total. The fourth-order valence-corrected chi connectivity index (χ4v) is 4.56. The van der Waals surface area contributed by atoms with Crippen molar-refractivity contribution < 1.29 is 31.5 Å². The molecule has 1 saturated heterocycles. The van der Waals surface area contributed by atoms with Gasteiger partial charge in [0.05, 0.1) is 12.1 Å². The van der Waals surface area contributed by atoms with Crippen LogP contribution in [0.4, 0.5) is 22.0 Å². The number of likely N-dealkylation sites (tertiary alicyclic amines) is 1. The van der Waals surface area contributed by atoms with E-state index < -0.39 is 18.2 Å². The normalized spacial score (nSPS) is 16.3. The summed E-state index contributed by atoms with van der Waals surface area (Å²) in [7, 11) is 0. The van der Waals surface area contributed by atoms with E-state index in [-0.39, 0.29) is 30.2 Å². The van der Waals surface area contributed by atoms with E-state index in [9.17, 15) is 26.7 Å². The van der Waals surface area contributed by atoms with E-state index in [0.29, 0.717) is 29.8 Å². The van der Waals surface area contributed by atoms with Gasteiger partial charge in [0.15, 0.2) is 0 Å². The maximum absolute atomic E-state index is 12.9. The molecule has 9 heteroatoms. The molecule has 0 bridgehead atoms. The average molecular weight is 507 g/mol. The van der Waals surface area contributed by atoms with E-state index in [1.165, 1.54) is 12.1 Å². The second-order valence-corrected chi connectivity index (χ2v) is 9.11. The smallest absolute Gasteiger partial charge is 0.416 e. The number of amides is 1. The van der Waals surface area contributed by atoms with Crippen LogP contribution in [0, 0.1) is 5.92 Å². The molecule has 1 fully saturated rings. The molecule has 1 heterocycles. The highest BCUT2D eigenvalue weighted by atomic mass is 19.4. The standard InChI is InChI=1S/C27H27F5N2O2/c1-17(18-11-13-34(14-12-18)16-25(28)29)33-26(35)20-5-10-23-19(15-20)3-2-4-24(23)36-22-8-6-21(7-9-22)27(30,31)32/h2-10,15,17-18,25H,11-14,16H2,1H3,(H,33,35). The van der Waals surface area contributed by atoms with Gasteiger partial charge in [0, 0.05) is 17.0 Å². The fourth-order valence-electron chi connectivity index (χ4n) is 4.56. The molecule has 36 heavy (non-hydrogen) atoms. The van der Waals surface area contributed by atoms with Crippen LogP contribution in [0.15, 0.2) is 60.7 Å². The number of halogens is 5. The Balaban J connectivity index is 1.41. The molecule has 4 rings (SSSR count). The van der Waals surface area contributed by atoms with Crippen molar-refractivity contribution in [1.82, 2.24) is 10.2 Å². The first kappa shape index (κ1) is 25.9. The summed E-state index contributed by atoms with van der Waals surface area (Å²) in [5.74, 6) is 0.717. The van der Waals surface area contributed by atoms with E-state index in [2.05, 4.69) is 5.32 Å². The third-order valence-corrected chi connectivity index (χ3v) is 6.61. The summed E-state index contributed by atoms with van der Waals surface area (Å²) in [5, 5.41) is 4.50. The van der Waals surface area contributed by atoms with Gasteiger partial charge in [0.1, 0.15) is 11.5 Å². The first-order valence-electron chi connectivity index (χ1n) is 11.8. The summed E-state index contributed by atoms with van der Waals surface area (Å²) in [5.41, 5.74) is -0.285. The molecule has 0 spiro atoms. The third kappa shape index (κ3) is 6.32. The summed E-state index contributed by atoms with van der Waals surface area (Å²) in [6.07, 6.45) is -5.27. The highest BCUT2D eigenvalue weighted by molar-refractivity contribution is 6.00. The monoisotopic (exact) mass is 506 g/mol. The number of alkyl halides is 5. The summed E-state index contributed by atoms with van der Waals surface area (Å²) in [4.78, 5) is 14.6. The lowest BCUT2D eigenvalue weighted by Crippen LogP contribution is -2.44. The minimum absolute atomic E-state index is 0.101. The first-order chi connectivity index (χ1) is 17.1. The Morgan fingerprint density at radius 2 is 1.75 bits per heavy atom. The number of ether oxygens (including phenoxy) is 1. The predicted octanol–water partition coefficient (Wildman–Crippen LogP) is 6.75. The molecule has 1 unspecified atom stereocenters. The van der Waals surface area contributed by atoms with Gasteiger partial charge in [0.25, 0.3) is 12.3 Å². The van der Waals surface area contributed by atoms with E-state index >= 15 is 0 Å². The average Bonchev–Trinajstić information content (AvgIpc) is 2.83. The number of carbonyl (C=O) groups excluding carboxylic acids is 1. The number of rotatable bonds is 7. The van der Waals surface area contributed by atoms with E-state index in [1.807, 2.05) is 13.0 Å². The molecule has 0 aromatic heterocycles. The Bertz CT molecular complexity index is 1190. The number of hydrogen-bond donors (Lipinski definition) is 1. The SMILES string of the molecule is CC(NC(=O)c1ccc2c(Oc3ccc(C(F)(F)F)cc3)cccc2c1)C1CCN(CC(F)F)CC1. The molecule has 1 atom stereocenters. The van der Waals surface area contributed by atoms with Crippen LogP contribution in [-0.4, -0.2) is 42.9 Å². The predicted molar refractivity (Wildman–Crippen MR) is 128 cm³/mol. The maximum atomic E-state index is 12.9. The number of piperidine rings is 1. The molecule has 1 aliphatic heterocycles. The van der Waals surface area contributed by atoms with Crippen LogP contribution < -0.4 is 10.1 Å². The van der Waals surface area contributed by atoms with Crippen LogP contribution in [0.5, 0.6) is 11.5 Å². The van der Waals surface area contributed by atoms with Crippen LogP contribution in [0.3, 0.4) is 0 Å². The summed E-state index contributed by atoms with van der Waals surface area (Å²) in [6, 6.07) is 14.8. The number of nitrogens with one attached hydrogen (secondary N) is 1. The molecular weight excluding hydrogens is 479 g/mol. The molecule has 3 aromatic carbocycles. The molecule has 3 aromatic rings. The van der Waals surface area contributed by atoms with Crippen molar-refractivity contribution in [3.63, 3.8) is 0 Å². The zero-order chi connectivity index (χ0) is 25.9. The number of carbonyl (C=O) groups is 1. The topological polar surface area (TPSA) is 41.6 Å². The van der Waals surface area contributed by atoms with Crippen molar-refractivity contribution in [2.75, 3.05) is 19.6 Å². The second-order valence-electron chi connectivity index (χ2n) is 9.11. The summed E-state index contributed by atoms with van der Waals surface area (Å²) < 4.78 is 69.4. The lowest BCUT2D eigenvalue weighted by Gasteiger charge is -2.34. The third-order valence-electron chi connectivity index (χ3n) is 6.61. The second kappa shape index (κ2) is 10.8. The van der Waals surface area contributed by atoms with Crippen LogP contribution >= 0.6 is 0 Å². The van der Waals surface area contributed by atoms with Crippen LogP contribution in [0.1, 0.15) is 35.7 Å². The van der Waals surface area contributed by atoms with E-state index in [4.69, 9.17) is 4.74 Å². The van der Waals surface area contributed by atoms with Gasteiger partial charge in [-0.25, -0.2) is 8.78 Å². The number of hydrogen-bond acceptors (Lipinski definition) is 3. The summed E-state index contributed by atoms with van der Waals surface area (Å²) in [6.45, 7) is 2.90. The Labute approximate surface area is 206 Å². The van der Waals surface area contributed by atoms with Gasteiger partial charge in [-0.15, -0.1) is 0 Å². The van der Waals surface area contributed by atoms with Crippen molar-refractivity contribution in [3.8, 4) is 11.5 Å². The highest BCUT2D eigenvalue weighted by Gasteiger charge is 2.30. The summed E-state index contributed by atoms with van der Waals surface area (Å²) >= 11 is 0. The first-order valence-corrected chi connectivity index (χ1v) is 11.8. The molecule has 0 aliphatic carbocycles. The van der Waals surface area contributed by atoms with Crippen LogP contribution in [-0.2, 0) is 6.18 Å². The van der Waals surface area contributed by atoms with Crippen LogP contribution in [0.25, 0.3) is 10.8 Å². The minimum atomic E-state index is -4.42. The zero-order valence-corrected chi connectivity index (χ0v) is 19.7. The van der Waals surface area contributed by atoms with Crippen molar-refractivity contribution >= 4 is 16.7 Å². The minimum Gasteiger partial charge on any atom is -0.457 e. The van der Waals surface area contributed by atoms with Gasteiger partial charge in [-0.05, 0) is 92.7 Å². The molecule has 0 radical (unpaired) electrons. The van der Waals surface area contributed by atoms with Gasteiger partial charge >= 0.3 is 6.18 Å². The Kier molecular flexibility index (Phi) is 7.78. The lowest BCUT2D eigenvalue weighted by atomic mass is 9.90. The number of nitrogens with zero attached hydrogens (tertiary/aromatic N) is 1. The molecule has 1 aliphatic rings. The zero-order valence-electron chi connectivity index (χ0n) is 19.7. The molecular formula is C27H27F5N2O2. The van der Waals surface area contributed by atoms with Crippen LogP contribution in [0.2, 0.25) is 0 Å². The molecule has 192 valence electrons. The Morgan fingerprint density at radius 1 is 1.06 bits per heavy atom. The van der Waals surface area contributed by atoms with Gasteiger partial charge in [0.2, 0.25) is 0 Å².